The van der Waals surface area contributed by atoms with E-state index in [-0.39, 0.29) is 11.8 Å². The molecule has 2 aromatic rings. The van der Waals surface area contributed by atoms with Gasteiger partial charge in [0.25, 0.3) is 11.8 Å². The van der Waals surface area contributed by atoms with Crippen LogP contribution in [0.2, 0.25) is 5.02 Å². The van der Waals surface area contributed by atoms with Crippen LogP contribution >= 0.6 is 11.6 Å². The second-order valence-electron chi connectivity index (χ2n) is 5.12. The molecule has 0 spiro atoms. The number of hydrogen-bond acceptors (Lipinski definition) is 3. The van der Waals surface area contributed by atoms with Crippen LogP contribution in [0, 0.1) is 0 Å². The van der Waals surface area contributed by atoms with Gasteiger partial charge in [0.2, 0.25) is 0 Å². The first-order valence-corrected chi connectivity index (χ1v) is 7.99. The molecule has 2 N–H and O–H groups in total. The average molecular weight is 347 g/mol. The van der Waals surface area contributed by atoms with Crippen molar-refractivity contribution in [1.82, 2.24) is 5.32 Å². The third-order valence-electron chi connectivity index (χ3n) is 3.24. The van der Waals surface area contributed by atoms with Crippen molar-refractivity contribution < 1.29 is 14.3 Å². The highest BCUT2D eigenvalue weighted by Crippen LogP contribution is 2.24. The van der Waals surface area contributed by atoms with Gasteiger partial charge in [-0.2, -0.15) is 0 Å². The van der Waals surface area contributed by atoms with E-state index in [1.807, 2.05) is 6.92 Å². The third kappa shape index (κ3) is 4.73. The van der Waals surface area contributed by atoms with E-state index in [4.69, 9.17) is 16.3 Å². The van der Waals surface area contributed by atoms with Gasteiger partial charge < -0.3 is 15.4 Å². The number of amides is 2. The maximum Gasteiger partial charge on any atom is 0.265 e. The van der Waals surface area contributed by atoms with Crippen LogP contribution in [0.1, 0.15) is 24.2 Å². The second kappa shape index (κ2) is 8.36. The molecule has 0 heterocycles. The molecule has 24 heavy (non-hydrogen) atoms. The number of carbonyl (C=O) groups is 2. The number of ether oxygens (including phenoxy) is 1. The van der Waals surface area contributed by atoms with Gasteiger partial charge in [-0.3, -0.25) is 9.59 Å². The Labute approximate surface area is 146 Å². The minimum absolute atomic E-state index is 0.186. The molecule has 0 fully saturated rings. The lowest BCUT2D eigenvalue weighted by Gasteiger charge is -2.16. The highest BCUT2D eigenvalue weighted by molar-refractivity contribution is 6.32. The third-order valence-corrected chi connectivity index (χ3v) is 3.55. The summed E-state index contributed by atoms with van der Waals surface area (Å²) in [5.74, 6) is -0.0742. The molecule has 2 amide bonds. The lowest BCUT2D eigenvalue weighted by atomic mass is 10.2. The lowest BCUT2D eigenvalue weighted by molar-refractivity contribution is -0.122. The van der Waals surface area contributed by atoms with Gasteiger partial charge in [-0.15, -0.1) is 0 Å². The zero-order valence-electron chi connectivity index (χ0n) is 13.5. The summed E-state index contributed by atoms with van der Waals surface area (Å²) in [5, 5.41) is 5.88. The van der Waals surface area contributed by atoms with Gasteiger partial charge in [0.05, 0.1) is 5.02 Å². The zero-order valence-corrected chi connectivity index (χ0v) is 14.3. The molecule has 5 nitrogen and oxygen atoms in total. The lowest BCUT2D eigenvalue weighted by Crippen LogP contribution is -2.30. The quantitative estimate of drug-likeness (QED) is 0.841. The van der Waals surface area contributed by atoms with E-state index in [1.54, 1.807) is 55.5 Å². The molecule has 0 aliphatic rings. The van der Waals surface area contributed by atoms with Crippen LogP contribution in [0.15, 0.2) is 48.5 Å². The zero-order chi connectivity index (χ0) is 17.5. The van der Waals surface area contributed by atoms with E-state index in [1.165, 1.54) is 0 Å². The van der Waals surface area contributed by atoms with Crippen molar-refractivity contribution >= 4 is 29.1 Å². The minimum Gasteiger partial charge on any atom is -0.479 e. The fourth-order valence-electron chi connectivity index (χ4n) is 2.03. The maximum atomic E-state index is 12.3. The van der Waals surface area contributed by atoms with Gasteiger partial charge in [-0.1, -0.05) is 29.8 Å². The van der Waals surface area contributed by atoms with Crippen LogP contribution in [0.5, 0.6) is 5.75 Å². The summed E-state index contributed by atoms with van der Waals surface area (Å²) in [6, 6.07) is 13.7. The molecule has 2 aromatic carbocycles. The molecule has 2 rings (SSSR count). The number of para-hydroxylation sites is 1. The molecule has 1 unspecified atom stereocenters. The van der Waals surface area contributed by atoms with E-state index in [0.717, 1.165) is 0 Å². The molecule has 126 valence electrons. The van der Waals surface area contributed by atoms with Crippen LogP contribution < -0.4 is 15.4 Å². The molecular formula is C18H19ClN2O3. The molecule has 0 aliphatic carbocycles. The summed E-state index contributed by atoms with van der Waals surface area (Å²) in [6.45, 7) is 4.02. The maximum absolute atomic E-state index is 12.3. The Kier molecular flexibility index (Phi) is 6.21. The summed E-state index contributed by atoms with van der Waals surface area (Å²) >= 11 is 6.02. The van der Waals surface area contributed by atoms with Gasteiger partial charge in [0, 0.05) is 17.8 Å². The summed E-state index contributed by atoms with van der Waals surface area (Å²) in [6.07, 6.45) is -0.738. The Balaban J connectivity index is 2.02. The predicted octanol–water partition coefficient (Wildman–Crippen LogP) is 3.50. The first-order valence-electron chi connectivity index (χ1n) is 7.61. The Morgan fingerprint density at radius 3 is 2.62 bits per heavy atom. The van der Waals surface area contributed by atoms with Crippen LogP contribution in [0.25, 0.3) is 0 Å². The van der Waals surface area contributed by atoms with Crippen LogP contribution in [0.4, 0.5) is 5.69 Å². The number of rotatable bonds is 6. The molecule has 1 atom stereocenters. The SMILES string of the molecule is CCNC(=O)c1cccc(NC(=O)C(C)Oc2ccccc2Cl)c1. The summed E-state index contributed by atoms with van der Waals surface area (Å²) in [7, 11) is 0. The van der Waals surface area contributed by atoms with Crippen LogP contribution in [-0.4, -0.2) is 24.5 Å². The number of carbonyl (C=O) groups excluding carboxylic acids is 2. The van der Waals surface area contributed by atoms with Crippen molar-refractivity contribution in [3.05, 3.63) is 59.1 Å². The number of halogens is 1. The minimum atomic E-state index is -0.738. The Hall–Kier alpha value is -2.53. The fraction of sp³-hybridized carbons (Fsp3) is 0.222. The van der Waals surface area contributed by atoms with E-state index in [9.17, 15) is 9.59 Å². The Bertz CT molecular complexity index is 734. The molecule has 0 radical (unpaired) electrons. The normalized spacial score (nSPS) is 11.5. The summed E-state index contributed by atoms with van der Waals surface area (Å²) in [5.41, 5.74) is 1.01. The Morgan fingerprint density at radius 2 is 1.92 bits per heavy atom. The number of nitrogens with one attached hydrogen (secondary N) is 2. The molecule has 0 bridgehead atoms. The van der Waals surface area contributed by atoms with Crippen molar-refractivity contribution in [1.29, 1.82) is 0 Å². The van der Waals surface area contributed by atoms with Gasteiger partial charge in [-0.05, 0) is 44.2 Å². The van der Waals surface area contributed by atoms with Crippen LogP contribution in [0.3, 0.4) is 0 Å². The highest BCUT2D eigenvalue weighted by atomic mass is 35.5. The van der Waals surface area contributed by atoms with Crippen molar-refractivity contribution in [2.45, 2.75) is 20.0 Å². The first-order chi connectivity index (χ1) is 11.5. The molecule has 0 saturated heterocycles. The molecule has 0 saturated carbocycles. The number of anilines is 1. The fourth-order valence-corrected chi connectivity index (χ4v) is 2.21. The predicted molar refractivity (Wildman–Crippen MR) is 94.6 cm³/mol. The first kappa shape index (κ1) is 17.8. The Morgan fingerprint density at radius 1 is 1.17 bits per heavy atom. The van der Waals surface area contributed by atoms with E-state index in [0.29, 0.717) is 28.6 Å². The van der Waals surface area contributed by atoms with Crippen molar-refractivity contribution in [3.8, 4) is 5.75 Å². The largest absolute Gasteiger partial charge is 0.479 e. The van der Waals surface area contributed by atoms with Crippen molar-refractivity contribution in [2.75, 3.05) is 11.9 Å². The summed E-state index contributed by atoms with van der Waals surface area (Å²) < 4.78 is 5.57. The van der Waals surface area contributed by atoms with E-state index in [2.05, 4.69) is 10.6 Å². The molecule has 0 aromatic heterocycles. The monoisotopic (exact) mass is 346 g/mol. The van der Waals surface area contributed by atoms with E-state index < -0.39 is 6.10 Å². The standard InChI is InChI=1S/C18H19ClN2O3/c1-3-20-18(23)13-7-6-8-14(11-13)21-17(22)12(2)24-16-10-5-4-9-15(16)19/h4-12H,3H2,1-2H3,(H,20,23)(H,21,22). The van der Waals surface area contributed by atoms with Gasteiger partial charge in [-0.25, -0.2) is 0 Å². The number of benzene rings is 2. The van der Waals surface area contributed by atoms with Crippen LogP contribution in [-0.2, 0) is 4.79 Å². The van der Waals surface area contributed by atoms with Crippen molar-refractivity contribution in [3.63, 3.8) is 0 Å². The topological polar surface area (TPSA) is 67.4 Å². The van der Waals surface area contributed by atoms with Crippen molar-refractivity contribution in [2.24, 2.45) is 0 Å². The molecule has 6 heteroatoms. The summed E-state index contributed by atoms with van der Waals surface area (Å²) in [4.78, 5) is 24.1. The van der Waals surface area contributed by atoms with Gasteiger partial charge in [0.15, 0.2) is 6.10 Å². The van der Waals surface area contributed by atoms with Gasteiger partial charge in [0.1, 0.15) is 5.75 Å². The van der Waals surface area contributed by atoms with E-state index >= 15 is 0 Å². The smallest absolute Gasteiger partial charge is 0.265 e. The highest BCUT2D eigenvalue weighted by Gasteiger charge is 2.16. The number of hydrogen-bond donors (Lipinski definition) is 2. The average Bonchev–Trinajstić information content (AvgIpc) is 2.57. The molecule has 0 aliphatic heterocycles. The molecular weight excluding hydrogens is 328 g/mol. The second-order valence-corrected chi connectivity index (χ2v) is 5.53. The van der Waals surface area contributed by atoms with Gasteiger partial charge >= 0.3 is 0 Å².